The standard InChI is InChI=1S/C14H23N3O2/c1-2-7-15-12-5-3-4-11(12)14-16-13(17-19-14)10-6-8-18-9-10/h10-12,15H,2-9H2,1H3. The molecule has 5 heteroatoms. The summed E-state index contributed by atoms with van der Waals surface area (Å²) in [5.41, 5.74) is 0. The Morgan fingerprint density at radius 1 is 1.32 bits per heavy atom. The fraction of sp³-hybridized carbons (Fsp3) is 0.857. The fourth-order valence-electron chi connectivity index (χ4n) is 3.13. The molecule has 19 heavy (non-hydrogen) atoms. The van der Waals surface area contributed by atoms with Crippen molar-refractivity contribution in [2.75, 3.05) is 19.8 Å². The largest absolute Gasteiger partial charge is 0.381 e. The predicted molar refractivity (Wildman–Crippen MR) is 71.1 cm³/mol. The van der Waals surface area contributed by atoms with E-state index in [0.29, 0.717) is 17.9 Å². The van der Waals surface area contributed by atoms with Gasteiger partial charge in [0.15, 0.2) is 5.82 Å². The normalized spacial score (nSPS) is 31.1. The summed E-state index contributed by atoms with van der Waals surface area (Å²) in [6, 6.07) is 0.507. The minimum Gasteiger partial charge on any atom is -0.381 e. The molecule has 1 aliphatic heterocycles. The Balaban J connectivity index is 1.67. The van der Waals surface area contributed by atoms with Crippen LogP contribution < -0.4 is 5.32 Å². The lowest BCUT2D eigenvalue weighted by Crippen LogP contribution is -2.31. The van der Waals surface area contributed by atoms with E-state index in [1.165, 1.54) is 12.8 Å². The van der Waals surface area contributed by atoms with Gasteiger partial charge in [-0.25, -0.2) is 0 Å². The number of ether oxygens (including phenoxy) is 1. The van der Waals surface area contributed by atoms with Crippen LogP contribution in [0.3, 0.4) is 0 Å². The summed E-state index contributed by atoms with van der Waals surface area (Å²) >= 11 is 0. The quantitative estimate of drug-likeness (QED) is 0.884. The summed E-state index contributed by atoms with van der Waals surface area (Å²) in [4.78, 5) is 4.63. The van der Waals surface area contributed by atoms with Crippen LogP contribution in [0.15, 0.2) is 4.52 Å². The lowest BCUT2D eigenvalue weighted by atomic mass is 10.0. The van der Waals surface area contributed by atoms with Crippen LogP contribution >= 0.6 is 0 Å². The number of nitrogens with one attached hydrogen (secondary N) is 1. The Morgan fingerprint density at radius 3 is 3.05 bits per heavy atom. The summed E-state index contributed by atoms with van der Waals surface area (Å²) in [6.07, 6.45) is 5.80. The SMILES string of the molecule is CCCNC1CCCC1c1nc(C2CCOC2)no1. The first-order valence-corrected chi connectivity index (χ1v) is 7.53. The van der Waals surface area contributed by atoms with Gasteiger partial charge in [0, 0.05) is 18.6 Å². The van der Waals surface area contributed by atoms with Gasteiger partial charge in [0.05, 0.1) is 12.5 Å². The average molecular weight is 265 g/mol. The highest BCUT2D eigenvalue weighted by Crippen LogP contribution is 2.34. The topological polar surface area (TPSA) is 60.2 Å². The van der Waals surface area contributed by atoms with Gasteiger partial charge >= 0.3 is 0 Å². The third-order valence-electron chi connectivity index (χ3n) is 4.24. The monoisotopic (exact) mass is 265 g/mol. The molecule has 2 fully saturated rings. The van der Waals surface area contributed by atoms with Crippen LogP contribution in [0.1, 0.15) is 62.6 Å². The van der Waals surface area contributed by atoms with Gasteiger partial charge in [0.2, 0.25) is 5.89 Å². The number of aromatic nitrogens is 2. The molecular weight excluding hydrogens is 242 g/mol. The van der Waals surface area contributed by atoms with Crippen molar-refractivity contribution in [1.82, 2.24) is 15.5 Å². The molecule has 0 radical (unpaired) electrons. The average Bonchev–Trinajstić information content (AvgIpc) is 3.14. The van der Waals surface area contributed by atoms with Crippen LogP contribution in [0, 0.1) is 0 Å². The van der Waals surface area contributed by atoms with Crippen LogP contribution in [0.25, 0.3) is 0 Å². The Bertz CT molecular complexity index is 401. The Hall–Kier alpha value is -0.940. The van der Waals surface area contributed by atoms with E-state index >= 15 is 0 Å². The van der Waals surface area contributed by atoms with Crippen LogP contribution in [-0.4, -0.2) is 35.9 Å². The third kappa shape index (κ3) is 2.82. The molecule has 1 saturated heterocycles. The van der Waals surface area contributed by atoms with Gasteiger partial charge in [-0.15, -0.1) is 0 Å². The lowest BCUT2D eigenvalue weighted by Gasteiger charge is -2.17. The highest BCUT2D eigenvalue weighted by molar-refractivity contribution is 5.05. The predicted octanol–water partition coefficient (Wildman–Crippen LogP) is 2.21. The highest BCUT2D eigenvalue weighted by Gasteiger charge is 2.33. The molecule has 0 bridgehead atoms. The molecule has 2 heterocycles. The molecular formula is C14H23N3O2. The Morgan fingerprint density at radius 2 is 2.26 bits per heavy atom. The highest BCUT2D eigenvalue weighted by atomic mass is 16.5. The molecule has 1 saturated carbocycles. The molecule has 3 rings (SSSR count). The number of hydrogen-bond acceptors (Lipinski definition) is 5. The second-order valence-electron chi connectivity index (χ2n) is 5.65. The van der Waals surface area contributed by atoms with Crippen molar-refractivity contribution in [2.24, 2.45) is 0 Å². The summed E-state index contributed by atoms with van der Waals surface area (Å²) in [5, 5.41) is 7.77. The zero-order valence-corrected chi connectivity index (χ0v) is 11.6. The molecule has 1 aromatic rings. The second-order valence-corrected chi connectivity index (χ2v) is 5.65. The maximum atomic E-state index is 5.51. The van der Waals surface area contributed by atoms with Crippen LogP contribution in [0.4, 0.5) is 0 Å². The third-order valence-corrected chi connectivity index (χ3v) is 4.24. The number of rotatable bonds is 5. The van der Waals surface area contributed by atoms with Gasteiger partial charge in [-0.05, 0) is 32.2 Å². The minimum absolute atomic E-state index is 0.334. The second kappa shape index (κ2) is 6.01. The maximum Gasteiger partial charge on any atom is 0.231 e. The molecule has 3 unspecified atom stereocenters. The van der Waals surface area contributed by atoms with Crippen molar-refractivity contribution in [2.45, 2.75) is 56.9 Å². The molecule has 0 spiro atoms. The van der Waals surface area contributed by atoms with E-state index in [-0.39, 0.29) is 0 Å². The Labute approximate surface area is 114 Å². The smallest absolute Gasteiger partial charge is 0.231 e. The minimum atomic E-state index is 0.334. The maximum absolute atomic E-state index is 5.51. The molecule has 1 N–H and O–H groups in total. The van der Waals surface area contributed by atoms with E-state index in [9.17, 15) is 0 Å². The van der Waals surface area contributed by atoms with Crippen LogP contribution in [0.5, 0.6) is 0 Å². The molecule has 1 aromatic heterocycles. The summed E-state index contributed by atoms with van der Waals surface area (Å²) in [6.45, 7) is 4.82. The van der Waals surface area contributed by atoms with E-state index < -0.39 is 0 Å². The van der Waals surface area contributed by atoms with E-state index in [1.54, 1.807) is 0 Å². The van der Waals surface area contributed by atoms with Gasteiger partial charge in [-0.3, -0.25) is 0 Å². The first-order chi connectivity index (χ1) is 9.38. The number of hydrogen-bond donors (Lipinski definition) is 1. The van der Waals surface area contributed by atoms with Crippen LogP contribution in [0.2, 0.25) is 0 Å². The van der Waals surface area contributed by atoms with Gasteiger partial charge in [0.1, 0.15) is 0 Å². The molecule has 0 amide bonds. The van der Waals surface area contributed by atoms with Gasteiger partial charge in [0.25, 0.3) is 0 Å². The van der Waals surface area contributed by atoms with Gasteiger partial charge < -0.3 is 14.6 Å². The van der Waals surface area contributed by atoms with Crippen molar-refractivity contribution < 1.29 is 9.26 Å². The Kier molecular flexibility index (Phi) is 4.13. The molecule has 5 nitrogen and oxygen atoms in total. The van der Waals surface area contributed by atoms with Crippen molar-refractivity contribution in [3.8, 4) is 0 Å². The van der Waals surface area contributed by atoms with E-state index in [0.717, 1.165) is 50.7 Å². The van der Waals surface area contributed by atoms with Crippen molar-refractivity contribution >= 4 is 0 Å². The molecule has 106 valence electrons. The first-order valence-electron chi connectivity index (χ1n) is 7.53. The summed E-state index contributed by atoms with van der Waals surface area (Å²) in [5.74, 6) is 2.40. The zero-order valence-electron chi connectivity index (χ0n) is 11.6. The molecule has 3 atom stereocenters. The fourth-order valence-corrected chi connectivity index (χ4v) is 3.13. The molecule has 1 aliphatic carbocycles. The van der Waals surface area contributed by atoms with Crippen molar-refractivity contribution in [3.63, 3.8) is 0 Å². The van der Waals surface area contributed by atoms with Crippen molar-refractivity contribution in [1.29, 1.82) is 0 Å². The zero-order chi connectivity index (χ0) is 13.1. The molecule has 2 aliphatic rings. The van der Waals surface area contributed by atoms with E-state index in [4.69, 9.17) is 9.26 Å². The van der Waals surface area contributed by atoms with Gasteiger partial charge in [-0.1, -0.05) is 18.5 Å². The summed E-state index contributed by atoms with van der Waals surface area (Å²) < 4.78 is 10.9. The van der Waals surface area contributed by atoms with E-state index in [2.05, 4.69) is 22.4 Å². The first kappa shape index (κ1) is 13.1. The summed E-state index contributed by atoms with van der Waals surface area (Å²) in [7, 11) is 0. The molecule has 0 aromatic carbocycles. The van der Waals surface area contributed by atoms with Crippen molar-refractivity contribution in [3.05, 3.63) is 11.7 Å². The van der Waals surface area contributed by atoms with E-state index in [1.807, 2.05) is 0 Å². The lowest BCUT2D eigenvalue weighted by molar-refractivity contribution is 0.192. The number of nitrogens with zero attached hydrogens (tertiary/aromatic N) is 2. The van der Waals surface area contributed by atoms with Gasteiger partial charge in [-0.2, -0.15) is 4.98 Å². The van der Waals surface area contributed by atoms with Crippen LogP contribution in [-0.2, 0) is 4.74 Å².